The number of likely N-dealkylation sites (tertiary alicyclic amines) is 1. The highest BCUT2D eigenvalue weighted by atomic mass is 35.5. The Morgan fingerprint density at radius 3 is 2.27 bits per heavy atom. The number of piperazine rings is 1. The Kier molecular flexibility index (Phi) is 10.9. The number of pyridine rings is 1. The van der Waals surface area contributed by atoms with Crippen LogP contribution in [0.2, 0.25) is 10.0 Å². The van der Waals surface area contributed by atoms with E-state index in [-0.39, 0.29) is 12.3 Å². The molecule has 5 rings (SSSR count). The van der Waals surface area contributed by atoms with E-state index in [0.29, 0.717) is 45.8 Å². The molecule has 2 saturated heterocycles. The number of carbonyl (C=O) groups excluding carboxylic acids is 1. The average Bonchev–Trinajstić information content (AvgIpc) is 3.00. The number of piperidine rings is 1. The summed E-state index contributed by atoms with van der Waals surface area (Å²) >= 11 is 12.6. The maximum absolute atomic E-state index is 11.3. The number of benzene rings is 1. The van der Waals surface area contributed by atoms with Crippen LogP contribution in [0, 0.1) is 5.92 Å². The molecule has 0 unspecified atom stereocenters. The van der Waals surface area contributed by atoms with Crippen molar-refractivity contribution in [3.05, 3.63) is 58.3 Å². The summed E-state index contributed by atoms with van der Waals surface area (Å²) in [6.45, 7) is 8.38. The number of carbonyl (C=O) groups is 2. The minimum absolute atomic E-state index is 0.0123. The Morgan fingerprint density at radius 1 is 0.955 bits per heavy atom. The van der Waals surface area contributed by atoms with Crippen LogP contribution >= 0.6 is 23.2 Å². The second-order valence-electron chi connectivity index (χ2n) is 11.3. The average molecular weight is 643 g/mol. The van der Waals surface area contributed by atoms with Gasteiger partial charge in [-0.25, -0.2) is 15.0 Å². The number of nitrogens with zero attached hydrogens (tertiary/aromatic N) is 6. The van der Waals surface area contributed by atoms with Crippen LogP contribution in [0.15, 0.2) is 42.7 Å². The quantitative estimate of drug-likeness (QED) is 0.307. The first-order valence-corrected chi connectivity index (χ1v) is 15.6. The van der Waals surface area contributed by atoms with Gasteiger partial charge in [0, 0.05) is 74.4 Å². The number of aromatic nitrogens is 3. The van der Waals surface area contributed by atoms with Gasteiger partial charge in [0.2, 0.25) is 17.7 Å². The summed E-state index contributed by atoms with van der Waals surface area (Å²) in [5, 5.41) is 12.9. The molecule has 0 saturated carbocycles. The molecule has 0 bridgehead atoms. The first kappa shape index (κ1) is 31.9. The fourth-order valence-electron chi connectivity index (χ4n) is 5.52. The highest BCUT2D eigenvalue weighted by Crippen LogP contribution is 2.31. The lowest BCUT2D eigenvalue weighted by molar-refractivity contribution is -0.137. The zero-order valence-corrected chi connectivity index (χ0v) is 26.2. The van der Waals surface area contributed by atoms with Gasteiger partial charge in [0.25, 0.3) is 0 Å². The number of carboxylic acid groups (broad SMARTS) is 1. The number of amides is 1. The summed E-state index contributed by atoms with van der Waals surface area (Å²) in [4.78, 5) is 42.6. The molecular formula is C31H37Cl2N7O4. The number of ether oxygens (including phenoxy) is 1. The molecule has 3 aromatic rings. The number of hydrogen-bond acceptors (Lipinski definition) is 9. The molecule has 0 atom stereocenters. The summed E-state index contributed by atoms with van der Waals surface area (Å²) in [6, 6.07) is 9.32. The van der Waals surface area contributed by atoms with Gasteiger partial charge in [-0.3, -0.25) is 19.4 Å². The molecule has 13 heteroatoms. The number of nitrogens with one attached hydrogen (secondary N) is 1. The Labute approximate surface area is 267 Å². The van der Waals surface area contributed by atoms with Crippen molar-refractivity contribution < 1.29 is 19.4 Å². The Balaban J connectivity index is 1.27. The maximum atomic E-state index is 11.3. The molecule has 2 aliphatic heterocycles. The minimum Gasteiger partial charge on any atom is -0.481 e. The van der Waals surface area contributed by atoms with Crippen LogP contribution in [0.5, 0.6) is 11.6 Å². The molecule has 0 radical (unpaired) electrons. The summed E-state index contributed by atoms with van der Waals surface area (Å²) in [5.74, 6) is 1.20. The van der Waals surface area contributed by atoms with Crippen molar-refractivity contribution in [3.8, 4) is 22.9 Å². The van der Waals surface area contributed by atoms with Crippen molar-refractivity contribution in [2.45, 2.75) is 32.7 Å². The Bertz CT molecular complexity index is 1420. The lowest BCUT2D eigenvalue weighted by Crippen LogP contribution is -2.47. The third-order valence-electron chi connectivity index (χ3n) is 7.91. The van der Waals surface area contributed by atoms with E-state index in [1.807, 2.05) is 24.3 Å². The minimum atomic E-state index is -0.783. The first-order chi connectivity index (χ1) is 21.2. The van der Waals surface area contributed by atoms with Gasteiger partial charge >= 0.3 is 5.97 Å². The fourth-order valence-corrected chi connectivity index (χ4v) is 6.04. The molecule has 44 heavy (non-hydrogen) atoms. The molecule has 0 spiro atoms. The number of rotatable bonds is 11. The third-order valence-corrected chi connectivity index (χ3v) is 8.34. The maximum Gasteiger partial charge on any atom is 0.304 e. The van der Waals surface area contributed by atoms with E-state index in [1.165, 1.54) is 0 Å². The molecule has 0 aliphatic carbocycles. The molecule has 2 N–H and O–H groups in total. The summed E-state index contributed by atoms with van der Waals surface area (Å²) in [7, 11) is 0. The van der Waals surface area contributed by atoms with Crippen LogP contribution in [-0.4, -0.2) is 94.1 Å². The molecule has 1 amide bonds. The highest BCUT2D eigenvalue weighted by Gasteiger charge is 2.21. The fraction of sp³-hybridized carbons (Fsp3) is 0.452. The number of halogens is 2. The van der Waals surface area contributed by atoms with E-state index < -0.39 is 5.97 Å². The van der Waals surface area contributed by atoms with Crippen molar-refractivity contribution in [1.82, 2.24) is 30.1 Å². The Morgan fingerprint density at radius 2 is 1.64 bits per heavy atom. The molecule has 4 heterocycles. The summed E-state index contributed by atoms with van der Waals surface area (Å²) in [6.07, 6.45) is 5.47. The highest BCUT2D eigenvalue weighted by molar-refractivity contribution is 6.35. The molecule has 11 nitrogen and oxygen atoms in total. The van der Waals surface area contributed by atoms with Crippen LogP contribution in [0.4, 0.5) is 5.95 Å². The monoisotopic (exact) mass is 641 g/mol. The van der Waals surface area contributed by atoms with Gasteiger partial charge in [0.15, 0.2) is 5.75 Å². The van der Waals surface area contributed by atoms with Gasteiger partial charge in [0.05, 0.1) is 24.5 Å². The van der Waals surface area contributed by atoms with Gasteiger partial charge in [-0.1, -0.05) is 23.2 Å². The molecular weight excluding hydrogens is 605 g/mol. The van der Waals surface area contributed by atoms with Gasteiger partial charge in [-0.15, -0.1) is 0 Å². The number of aliphatic carboxylic acids is 1. The molecule has 234 valence electrons. The summed E-state index contributed by atoms with van der Waals surface area (Å²) in [5.41, 5.74) is 2.53. The molecule has 1 aromatic carbocycles. The van der Waals surface area contributed by atoms with Crippen LogP contribution in [-0.2, 0) is 16.1 Å². The van der Waals surface area contributed by atoms with Crippen molar-refractivity contribution in [3.63, 3.8) is 0 Å². The van der Waals surface area contributed by atoms with E-state index in [1.54, 1.807) is 25.4 Å². The van der Waals surface area contributed by atoms with Crippen LogP contribution in [0.25, 0.3) is 11.3 Å². The van der Waals surface area contributed by atoms with Gasteiger partial charge in [-0.05, 0) is 61.7 Å². The number of hydrogen-bond donors (Lipinski definition) is 2. The van der Waals surface area contributed by atoms with E-state index >= 15 is 0 Å². The molecule has 2 fully saturated rings. The van der Waals surface area contributed by atoms with Crippen molar-refractivity contribution in [2.75, 3.05) is 57.3 Å². The predicted molar refractivity (Wildman–Crippen MR) is 169 cm³/mol. The lowest BCUT2D eigenvalue weighted by atomic mass is 9.96. The third kappa shape index (κ3) is 9.25. The molecule has 2 aliphatic rings. The predicted octanol–water partition coefficient (Wildman–Crippen LogP) is 4.58. The van der Waals surface area contributed by atoms with E-state index in [2.05, 4.69) is 30.0 Å². The SMILES string of the molecule is CC(=O)NCC1CCN(Cc2cc(Oc3cnc(N4CCN(CCC(=O)O)CC4)nc3)nc(-c3cc(Cl)cc(Cl)c3)c2)CC1. The van der Waals surface area contributed by atoms with Crippen LogP contribution in [0.3, 0.4) is 0 Å². The normalized spacial score (nSPS) is 16.6. The topological polar surface area (TPSA) is 124 Å². The van der Waals surface area contributed by atoms with Gasteiger partial charge in [-0.2, -0.15) is 0 Å². The lowest BCUT2D eigenvalue weighted by Gasteiger charge is -2.34. The second kappa shape index (κ2) is 15.0. The van der Waals surface area contributed by atoms with Gasteiger partial charge in [0.1, 0.15) is 0 Å². The van der Waals surface area contributed by atoms with Crippen LogP contribution in [0.1, 0.15) is 31.7 Å². The standard InChI is InChI=1S/C31H37Cl2N7O4/c1-21(41)34-17-22-2-5-39(6-3-22)20-23-12-28(24-14-25(32)16-26(33)15-24)37-29(13-23)44-27-18-35-31(36-19-27)40-10-8-38(9-11-40)7-4-30(42)43/h12-16,18-19,22H,2-11,17,20H2,1H3,(H,34,41)(H,42,43). The number of carboxylic acids is 1. The smallest absolute Gasteiger partial charge is 0.304 e. The van der Waals surface area contributed by atoms with Crippen molar-refractivity contribution in [1.29, 1.82) is 0 Å². The summed E-state index contributed by atoms with van der Waals surface area (Å²) < 4.78 is 6.17. The van der Waals surface area contributed by atoms with Crippen molar-refractivity contribution in [2.24, 2.45) is 5.92 Å². The Hall–Kier alpha value is -3.51. The van der Waals surface area contributed by atoms with Crippen LogP contribution < -0.4 is 15.0 Å². The zero-order valence-electron chi connectivity index (χ0n) is 24.7. The van der Waals surface area contributed by atoms with E-state index in [9.17, 15) is 9.59 Å². The second-order valence-corrected chi connectivity index (χ2v) is 12.2. The number of anilines is 1. The van der Waals surface area contributed by atoms with E-state index in [0.717, 1.165) is 76.3 Å². The largest absolute Gasteiger partial charge is 0.481 e. The van der Waals surface area contributed by atoms with Gasteiger partial charge < -0.3 is 20.1 Å². The molecule has 2 aromatic heterocycles. The zero-order chi connectivity index (χ0) is 31.1. The first-order valence-electron chi connectivity index (χ1n) is 14.8. The van der Waals surface area contributed by atoms with Crippen molar-refractivity contribution >= 4 is 41.0 Å². The van der Waals surface area contributed by atoms with E-state index in [4.69, 9.17) is 38.0 Å².